The van der Waals surface area contributed by atoms with E-state index < -0.39 is 6.04 Å². The molecule has 0 saturated carbocycles. The van der Waals surface area contributed by atoms with Crippen LogP contribution in [0.15, 0.2) is 24.3 Å². The molecule has 0 aliphatic carbocycles. The summed E-state index contributed by atoms with van der Waals surface area (Å²) < 4.78 is 0. The summed E-state index contributed by atoms with van der Waals surface area (Å²) in [5.74, 6) is -0.134. The summed E-state index contributed by atoms with van der Waals surface area (Å²) in [5.41, 5.74) is 0.921. The summed E-state index contributed by atoms with van der Waals surface area (Å²) in [5, 5.41) is 3.57. The van der Waals surface area contributed by atoms with E-state index in [1.165, 1.54) is 0 Å². The summed E-state index contributed by atoms with van der Waals surface area (Å²) >= 11 is 6.02. The molecule has 5 heteroatoms. The predicted molar refractivity (Wildman–Crippen MR) is 94.3 cm³/mol. The number of nitrogens with zero attached hydrogens (tertiary/aromatic N) is 1. The Morgan fingerprint density at radius 2 is 1.96 bits per heavy atom. The lowest BCUT2D eigenvalue weighted by Crippen LogP contribution is -2.49. The fourth-order valence-corrected chi connectivity index (χ4v) is 2.45. The molecule has 0 aliphatic heterocycles. The van der Waals surface area contributed by atoms with Gasteiger partial charge in [0.05, 0.1) is 0 Å². The van der Waals surface area contributed by atoms with Crippen molar-refractivity contribution >= 4 is 23.4 Å². The number of benzene rings is 1. The van der Waals surface area contributed by atoms with Crippen LogP contribution in [0.5, 0.6) is 0 Å². The molecule has 0 fully saturated rings. The highest BCUT2D eigenvalue weighted by Gasteiger charge is 2.26. The van der Waals surface area contributed by atoms with Gasteiger partial charge < -0.3 is 10.2 Å². The summed E-state index contributed by atoms with van der Waals surface area (Å²) in [6, 6.07) is 6.97. The number of nitrogens with one attached hydrogen (secondary N) is 1. The van der Waals surface area contributed by atoms with Crippen LogP contribution in [0.3, 0.4) is 0 Å². The predicted octanol–water partition coefficient (Wildman–Crippen LogP) is 3.77. The van der Waals surface area contributed by atoms with Crippen molar-refractivity contribution in [1.29, 1.82) is 0 Å². The molecule has 1 rings (SSSR count). The Balaban J connectivity index is 2.91. The van der Waals surface area contributed by atoms with Crippen LogP contribution in [0.25, 0.3) is 0 Å². The van der Waals surface area contributed by atoms with E-state index in [-0.39, 0.29) is 17.9 Å². The molecule has 2 atom stereocenters. The van der Waals surface area contributed by atoms with Crippen molar-refractivity contribution in [2.75, 3.05) is 0 Å². The molecule has 0 bridgehead atoms. The van der Waals surface area contributed by atoms with Gasteiger partial charge in [0.1, 0.15) is 6.04 Å². The Kier molecular flexibility index (Phi) is 8.10. The standard InChI is InChI=1S/C18H27ClN2O2/c1-5-8-17(22)21(12-15-9-7-10-16(19)11-15)14(4)18(23)20-13(3)6-2/h7,9-11,13-14H,5-6,8,12H2,1-4H3,(H,20,23). The maximum atomic E-state index is 12.4. The van der Waals surface area contributed by atoms with Crippen LogP contribution in [-0.4, -0.2) is 28.8 Å². The Morgan fingerprint density at radius 3 is 2.52 bits per heavy atom. The first-order chi connectivity index (χ1) is 10.9. The fraction of sp³-hybridized carbons (Fsp3) is 0.556. The van der Waals surface area contributed by atoms with Crippen LogP contribution < -0.4 is 5.32 Å². The molecule has 2 amide bonds. The number of hydrogen-bond donors (Lipinski definition) is 1. The topological polar surface area (TPSA) is 49.4 Å². The van der Waals surface area contributed by atoms with Gasteiger partial charge in [0.25, 0.3) is 0 Å². The molecule has 1 aromatic carbocycles. The van der Waals surface area contributed by atoms with E-state index in [1.807, 2.05) is 39.0 Å². The third-order valence-corrected chi connectivity index (χ3v) is 4.11. The molecule has 0 aromatic heterocycles. The van der Waals surface area contributed by atoms with Crippen LogP contribution in [0.2, 0.25) is 5.02 Å². The van der Waals surface area contributed by atoms with Crippen molar-refractivity contribution in [3.63, 3.8) is 0 Å². The van der Waals surface area contributed by atoms with Gasteiger partial charge >= 0.3 is 0 Å². The number of halogens is 1. The van der Waals surface area contributed by atoms with Crippen LogP contribution >= 0.6 is 11.6 Å². The Labute approximate surface area is 144 Å². The number of rotatable bonds is 8. The normalized spacial score (nSPS) is 13.3. The molecule has 0 spiro atoms. The average Bonchev–Trinajstić information content (AvgIpc) is 2.52. The minimum Gasteiger partial charge on any atom is -0.352 e. The first-order valence-electron chi connectivity index (χ1n) is 8.23. The first kappa shape index (κ1) is 19.5. The van der Waals surface area contributed by atoms with E-state index in [4.69, 9.17) is 11.6 Å². The Bertz CT molecular complexity index is 534. The molecular weight excluding hydrogens is 312 g/mol. The molecule has 2 unspecified atom stereocenters. The van der Waals surface area contributed by atoms with Crippen LogP contribution in [-0.2, 0) is 16.1 Å². The quantitative estimate of drug-likeness (QED) is 0.784. The van der Waals surface area contributed by atoms with Gasteiger partial charge in [-0.15, -0.1) is 0 Å². The van der Waals surface area contributed by atoms with Crippen LogP contribution in [0.1, 0.15) is 52.5 Å². The minimum atomic E-state index is -0.512. The van der Waals surface area contributed by atoms with Crippen molar-refractivity contribution in [1.82, 2.24) is 10.2 Å². The number of carbonyl (C=O) groups excluding carboxylic acids is 2. The lowest BCUT2D eigenvalue weighted by atomic mass is 10.1. The lowest BCUT2D eigenvalue weighted by molar-refractivity contribution is -0.140. The second-order valence-corrected chi connectivity index (χ2v) is 6.33. The molecule has 128 valence electrons. The van der Waals surface area contributed by atoms with E-state index in [0.717, 1.165) is 18.4 Å². The van der Waals surface area contributed by atoms with Gasteiger partial charge in [-0.25, -0.2) is 0 Å². The lowest BCUT2D eigenvalue weighted by Gasteiger charge is -2.29. The molecular formula is C18H27ClN2O2. The Hall–Kier alpha value is -1.55. The molecule has 4 nitrogen and oxygen atoms in total. The molecule has 0 aliphatic rings. The largest absolute Gasteiger partial charge is 0.352 e. The highest BCUT2D eigenvalue weighted by molar-refractivity contribution is 6.30. The van der Waals surface area contributed by atoms with Crippen molar-refractivity contribution in [2.24, 2.45) is 0 Å². The smallest absolute Gasteiger partial charge is 0.242 e. The van der Waals surface area contributed by atoms with Crippen molar-refractivity contribution in [2.45, 2.75) is 65.6 Å². The fourth-order valence-electron chi connectivity index (χ4n) is 2.24. The molecule has 0 saturated heterocycles. The molecule has 1 aromatic rings. The van der Waals surface area contributed by atoms with Crippen LogP contribution in [0.4, 0.5) is 0 Å². The van der Waals surface area contributed by atoms with Gasteiger partial charge in [-0.1, -0.05) is 37.6 Å². The second kappa shape index (κ2) is 9.56. The summed E-state index contributed by atoms with van der Waals surface area (Å²) in [6.07, 6.45) is 2.04. The zero-order valence-corrected chi connectivity index (χ0v) is 15.2. The number of amides is 2. The molecule has 0 heterocycles. The van der Waals surface area contributed by atoms with Crippen LogP contribution in [0, 0.1) is 0 Å². The van der Waals surface area contributed by atoms with Gasteiger partial charge in [0.2, 0.25) is 11.8 Å². The monoisotopic (exact) mass is 338 g/mol. The maximum absolute atomic E-state index is 12.4. The van der Waals surface area contributed by atoms with E-state index >= 15 is 0 Å². The third kappa shape index (κ3) is 6.22. The van der Waals surface area contributed by atoms with E-state index in [9.17, 15) is 9.59 Å². The highest BCUT2D eigenvalue weighted by atomic mass is 35.5. The third-order valence-electron chi connectivity index (χ3n) is 3.87. The van der Waals surface area contributed by atoms with Gasteiger partial charge in [-0.05, 0) is 44.4 Å². The van der Waals surface area contributed by atoms with Gasteiger partial charge in [-0.2, -0.15) is 0 Å². The van der Waals surface area contributed by atoms with Gasteiger partial charge in [-0.3, -0.25) is 9.59 Å². The first-order valence-corrected chi connectivity index (χ1v) is 8.61. The van der Waals surface area contributed by atoms with E-state index in [0.29, 0.717) is 18.0 Å². The molecule has 1 N–H and O–H groups in total. The SMILES string of the molecule is CCCC(=O)N(Cc1cccc(Cl)c1)C(C)C(=O)NC(C)CC. The van der Waals surface area contributed by atoms with Gasteiger partial charge in [0, 0.05) is 24.0 Å². The average molecular weight is 339 g/mol. The minimum absolute atomic E-state index is 0.0146. The number of hydrogen-bond acceptors (Lipinski definition) is 2. The molecule has 0 radical (unpaired) electrons. The van der Waals surface area contributed by atoms with E-state index in [2.05, 4.69) is 5.32 Å². The van der Waals surface area contributed by atoms with Crippen molar-refractivity contribution in [3.8, 4) is 0 Å². The summed E-state index contributed by atoms with van der Waals surface area (Å²) in [6.45, 7) is 8.09. The second-order valence-electron chi connectivity index (χ2n) is 5.90. The molecule has 23 heavy (non-hydrogen) atoms. The Morgan fingerprint density at radius 1 is 1.26 bits per heavy atom. The van der Waals surface area contributed by atoms with Crippen molar-refractivity contribution < 1.29 is 9.59 Å². The number of carbonyl (C=O) groups is 2. The maximum Gasteiger partial charge on any atom is 0.242 e. The summed E-state index contributed by atoms with van der Waals surface area (Å²) in [4.78, 5) is 26.5. The van der Waals surface area contributed by atoms with E-state index in [1.54, 1.807) is 17.9 Å². The highest BCUT2D eigenvalue weighted by Crippen LogP contribution is 2.16. The summed E-state index contributed by atoms with van der Waals surface area (Å²) in [7, 11) is 0. The zero-order chi connectivity index (χ0) is 17.4. The zero-order valence-electron chi connectivity index (χ0n) is 14.4. The van der Waals surface area contributed by atoms with Crippen molar-refractivity contribution in [3.05, 3.63) is 34.9 Å². The van der Waals surface area contributed by atoms with Gasteiger partial charge in [0.15, 0.2) is 0 Å².